The molecule has 0 spiro atoms. The van der Waals surface area contributed by atoms with E-state index in [1.54, 1.807) is 0 Å². The number of sulfone groups is 1. The average molecular weight is 383 g/mol. The molecule has 2 atom stereocenters. The van der Waals surface area contributed by atoms with Gasteiger partial charge in [0, 0.05) is 0 Å². The van der Waals surface area contributed by atoms with E-state index >= 15 is 0 Å². The molecule has 140 valence electrons. The number of aliphatic carboxylic acids is 1. The molecule has 1 aromatic carbocycles. The molecule has 0 heterocycles. The van der Waals surface area contributed by atoms with Gasteiger partial charge in [0.15, 0.2) is 9.84 Å². The lowest BCUT2D eigenvalue weighted by Gasteiger charge is -2.26. The number of carbonyl (C=O) groups is 1. The van der Waals surface area contributed by atoms with Crippen molar-refractivity contribution in [2.45, 2.75) is 31.1 Å². The predicted octanol–water partition coefficient (Wildman–Crippen LogP) is 2.30. The number of carboxylic acids is 1. The van der Waals surface area contributed by atoms with Gasteiger partial charge in [0.1, 0.15) is 17.9 Å². The molecule has 0 aliphatic heterocycles. The highest BCUT2D eigenvalue weighted by Crippen LogP contribution is 2.34. The van der Waals surface area contributed by atoms with Gasteiger partial charge in [-0.15, -0.1) is 0 Å². The summed E-state index contributed by atoms with van der Waals surface area (Å²) in [5.74, 6) is -3.66. The predicted molar refractivity (Wildman–Crippen MR) is 81.1 cm³/mol. The van der Waals surface area contributed by atoms with Crippen LogP contribution in [0.25, 0.3) is 0 Å². The highest BCUT2D eigenvalue weighted by molar-refractivity contribution is 7.91. The van der Waals surface area contributed by atoms with Gasteiger partial charge in [-0.1, -0.05) is 12.1 Å². The Labute approximate surface area is 142 Å². The maximum absolute atomic E-state index is 13.3. The lowest BCUT2D eigenvalue weighted by molar-refractivity contribution is -0.162. The number of alkyl halides is 3. The van der Waals surface area contributed by atoms with E-state index in [1.165, 1.54) is 0 Å². The van der Waals surface area contributed by atoms with Crippen molar-refractivity contribution in [3.8, 4) is 0 Å². The second-order valence-corrected chi connectivity index (χ2v) is 8.26. The number of hydrogen-bond acceptors (Lipinski definition) is 4. The van der Waals surface area contributed by atoms with Crippen LogP contribution in [0.15, 0.2) is 24.3 Å². The summed E-state index contributed by atoms with van der Waals surface area (Å²) in [6.07, 6.45) is -3.46. The lowest BCUT2D eigenvalue weighted by Crippen LogP contribution is -2.48. The van der Waals surface area contributed by atoms with Crippen LogP contribution in [0.4, 0.5) is 17.6 Å². The highest BCUT2D eigenvalue weighted by Gasteiger charge is 2.44. The summed E-state index contributed by atoms with van der Waals surface area (Å²) in [5, 5.41) is 11.0. The highest BCUT2D eigenvalue weighted by atomic mass is 32.2. The van der Waals surface area contributed by atoms with Gasteiger partial charge < -0.3 is 5.11 Å². The molecular weight excluding hydrogens is 366 g/mol. The largest absolute Gasteiger partial charge is 0.480 e. The Morgan fingerprint density at radius 1 is 1.24 bits per heavy atom. The van der Waals surface area contributed by atoms with Gasteiger partial charge in [-0.3, -0.25) is 10.1 Å². The van der Waals surface area contributed by atoms with Gasteiger partial charge in [-0.25, -0.2) is 12.8 Å². The first-order chi connectivity index (χ1) is 11.5. The average Bonchev–Trinajstić information content (AvgIpc) is 3.26. The van der Waals surface area contributed by atoms with E-state index in [0.29, 0.717) is 12.8 Å². The van der Waals surface area contributed by atoms with Crippen LogP contribution in [-0.4, -0.2) is 43.2 Å². The Hall–Kier alpha value is -1.68. The third-order valence-electron chi connectivity index (χ3n) is 3.80. The van der Waals surface area contributed by atoms with Crippen molar-refractivity contribution >= 4 is 15.8 Å². The quantitative estimate of drug-likeness (QED) is 0.673. The minimum atomic E-state index is -4.88. The van der Waals surface area contributed by atoms with Crippen LogP contribution in [0.2, 0.25) is 0 Å². The summed E-state index contributed by atoms with van der Waals surface area (Å²) in [6, 6.07) is -0.980. The van der Waals surface area contributed by atoms with Gasteiger partial charge in [-0.05, 0) is 36.5 Å². The van der Waals surface area contributed by atoms with Crippen LogP contribution in [0, 0.1) is 11.7 Å². The minimum absolute atomic E-state index is 0.0463. The van der Waals surface area contributed by atoms with E-state index in [2.05, 4.69) is 0 Å². The van der Waals surface area contributed by atoms with Crippen LogP contribution in [0.1, 0.15) is 24.4 Å². The SMILES string of the molecule is O=C(O)C(CS(=O)(=O)CC1CC1)N[C@H](c1ccc(F)cc1)C(F)(F)F. The maximum Gasteiger partial charge on any atom is 0.407 e. The number of carboxylic acid groups (broad SMARTS) is 1. The maximum atomic E-state index is 13.3. The summed E-state index contributed by atoms with van der Waals surface area (Å²) < 4.78 is 76.7. The van der Waals surface area contributed by atoms with Gasteiger partial charge in [0.2, 0.25) is 0 Å². The van der Waals surface area contributed by atoms with Crippen LogP contribution in [0.3, 0.4) is 0 Å². The van der Waals surface area contributed by atoms with Gasteiger partial charge >= 0.3 is 12.1 Å². The molecule has 1 aromatic rings. The number of nitrogens with one attached hydrogen (secondary N) is 1. The Morgan fingerprint density at radius 2 is 1.80 bits per heavy atom. The molecule has 2 N–H and O–H groups in total. The van der Waals surface area contributed by atoms with E-state index in [4.69, 9.17) is 5.11 Å². The lowest BCUT2D eigenvalue weighted by atomic mass is 10.1. The molecule has 1 unspecified atom stereocenters. The number of halogens is 4. The fourth-order valence-corrected chi connectivity index (χ4v) is 4.33. The molecular formula is C15H17F4NO4S. The van der Waals surface area contributed by atoms with Crippen molar-refractivity contribution in [1.29, 1.82) is 0 Å². The van der Waals surface area contributed by atoms with Crippen molar-refractivity contribution in [2.24, 2.45) is 5.92 Å². The second-order valence-electron chi connectivity index (χ2n) is 6.10. The van der Waals surface area contributed by atoms with Gasteiger partial charge in [0.05, 0.1) is 11.5 Å². The summed E-state index contributed by atoms with van der Waals surface area (Å²) in [5.41, 5.74) is -0.403. The van der Waals surface area contributed by atoms with E-state index in [9.17, 15) is 30.8 Å². The zero-order valence-electron chi connectivity index (χ0n) is 13.0. The molecule has 1 saturated carbocycles. The molecule has 5 nitrogen and oxygen atoms in total. The Bertz CT molecular complexity index is 714. The third kappa shape index (κ3) is 5.96. The molecule has 0 radical (unpaired) electrons. The zero-order chi connectivity index (χ0) is 18.8. The first-order valence-corrected chi connectivity index (χ1v) is 9.31. The summed E-state index contributed by atoms with van der Waals surface area (Å²) in [4.78, 5) is 11.3. The first-order valence-electron chi connectivity index (χ1n) is 7.49. The molecule has 10 heteroatoms. The summed E-state index contributed by atoms with van der Waals surface area (Å²) >= 11 is 0. The molecule has 0 saturated heterocycles. The molecule has 0 amide bonds. The molecule has 2 rings (SSSR count). The van der Waals surface area contributed by atoms with Crippen LogP contribution >= 0.6 is 0 Å². The topological polar surface area (TPSA) is 83.5 Å². The molecule has 25 heavy (non-hydrogen) atoms. The van der Waals surface area contributed by atoms with E-state index in [-0.39, 0.29) is 11.7 Å². The Morgan fingerprint density at radius 3 is 2.24 bits per heavy atom. The second kappa shape index (κ2) is 7.28. The van der Waals surface area contributed by atoms with E-state index in [0.717, 1.165) is 24.3 Å². The molecule has 0 aromatic heterocycles. The fraction of sp³-hybridized carbons (Fsp3) is 0.533. The molecule has 1 aliphatic rings. The number of hydrogen-bond donors (Lipinski definition) is 2. The van der Waals surface area contributed by atoms with Crippen molar-refractivity contribution in [2.75, 3.05) is 11.5 Å². The van der Waals surface area contributed by atoms with Crippen molar-refractivity contribution in [3.05, 3.63) is 35.6 Å². The summed E-state index contributed by atoms with van der Waals surface area (Å²) in [6.45, 7) is 0. The van der Waals surface area contributed by atoms with Crippen molar-refractivity contribution < 1.29 is 35.9 Å². The van der Waals surface area contributed by atoms with Gasteiger partial charge in [0.25, 0.3) is 0 Å². The standard InChI is InChI=1S/C15H17F4NO4S/c16-11-5-3-10(4-6-11)13(15(17,18)19)20-12(14(21)22)8-25(23,24)7-9-1-2-9/h3-6,9,12-13,20H,1-2,7-8H2,(H,21,22)/t12?,13-/m1/s1. The number of benzene rings is 1. The van der Waals surface area contributed by atoms with E-state index < -0.39 is 51.2 Å². The monoisotopic (exact) mass is 383 g/mol. The summed E-state index contributed by atoms with van der Waals surface area (Å²) in [7, 11) is -3.81. The third-order valence-corrected chi connectivity index (χ3v) is 5.62. The zero-order valence-corrected chi connectivity index (χ0v) is 13.8. The smallest absolute Gasteiger partial charge is 0.407 e. The van der Waals surface area contributed by atoms with Crippen LogP contribution < -0.4 is 5.32 Å². The van der Waals surface area contributed by atoms with E-state index in [1.807, 2.05) is 5.32 Å². The van der Waals surface area contributed by atoms with Crippen molar-refractivity contribution in [1.82, 2.24) is 5.32 Å². The number of rotatable bonds is 8. The Balaban J connectivity index is 2.20. The first kappa shape index (κ1) is 19.6. The van der Waals surface area contributed by atoms with Crippen LogP contribution in [0.5, 0.6) is 0 Å². The molecule has 0 bridgehead atoms. The minimum Gasteiger partial charge on any atom is -0.480 e. The van der Waals surface area contributed by atoms with Gasteiger partial charge in [-0.2, -0.15) is 13.2 Å². The normalized spacial score (nSPS) is 17.9. The Kier molecular flexibility index (Phi) is 5.72. The molecule has 1 aliphatic carbocycles. The fourth-order valence-electron chi connectivity index (χ4n) is 2.39. The molecule has 1 fully saturated rings. The van der Waals surface area contributed by atoms with Crippen molar-refractivity contribution in [3.63, 3.8) is 0 Å². The van der Waals surface area contributed by atoms with Crippen LogP contribution in [-0.2, 0) is 14.6 Å².